The number of hydrogen-bond donors (Lipinski definition) is 2. The fourth-order valence-electron chi connectivity index (χ4n) is 5.19. The molecule has 2 aliphatic rings. The van der Waals surface area contributed by atoms with Gasteiger partial charge in [-0.2, -0.15) is 0 Å². The average molecular weight is 426 g/mol. The molecule has 4 heteroatoms. The molecular formula is C28H27NO3. The third-order valence-corrected chi connectivity index (χ3v) is 7.15. The molecule has 0 spiro atoms. The van der Waals surface area contributed by atoms with Gasteiger partial charge >= 0.3 is 0 Å². The lowest BCUT2D eigenvalue weighted by molar-refractivity contribution is 0.0977. The summed E-state index contributed by atoms with van der Waals surface area (Å²) in [6.07, 6.45) is 5.06. The van der Waals surface area contributed by atoms with Crippen LogP contribution in [0.5, 0.6) is 5.75 Å². The summed E-state index contributed by atoms with van der Waals surface area (Å²) in [5.74, 6) is 0.723. The highest BCUT2D eigenvalue weighted by molar-refractivity contribution is 6.31. The smallest absolute Gasteiger partial charge is 0.198 e. The van der Waals surface area contributed by atoms with Crippen LogP contribution in [-0.4, -0.2) is 23.7 Å². The van der Waals surface area contributed by atoms with Gasteiger partial charge in [0.25, 0.3) is 0 Å². The fraction of sp³-hybridized carbons (Fsp3) is 0.286. The number of phenolic OH excluding ortho intramolecular Hbond substituents is 1. The van der Waals surface area contributed by atoms with E-state index in [-0.39, 0.29) is 28.4 Å². The number of fused-ring (bicyclic) bond motifs is 2. The van der Waals surface area contributed by atoms with E-state index in [1.165, 1.54) is 37.3 Å². The molecule has 0 unspecified atom stereocenters. The van der Waals surface area contributed by atoms with Crippen molar-refractivity contribution in [2.75, 3.05) is 12.4 Å². The summed E-state index contributed by atoms with van der Waals surface area (Å²) in [4.78, 5) is 26.4. The Balaban J connectivity index is 1.49. The first kappa shape index (κ1) is 20.5. The maximum atomic E-state index is 13.3. The number of carbonyl (C=O) groups excluding carboxylic acids is 2. The zero-order valence-electron chi connectivity index (χ0n) is 18.4. The van der Waals surface area contributed by atoms with Crippen LogP contribution in [0.25, 0.3) is 11.1 Å². The molecule has 0 radical (unpaired) electrons. The van der Waals surface area contributed by atoms with E-state index in [9.17, 15) is 14.7 Å². The second-order valence-electron chi connectivity index (χ2n) is 9.13. The number of rotatable bonds is 3. The second-order valence-corrected chi connectivity index (χ2v) is 9.13. The Morgan fingerprint density at radius 2 is 1.44 bits per heavy atom. The molecule has 2 N–H and O–H groups in total. The average Bonchev–Trinajstić information content (AvgIpc) is 2.82. The predicted octanol–water partition coefficient (Wildman–Crippen LogP) is 6.17. The molecule has 2 aliphatic carbocycles. The van der Waals surface area contributed by atoms with Gasteiger partial charge in [-0.25, -0.2) is 0 Å². The van der Waals surface area contributed by atoms with Crippen molar-refractivity contribution in [3.63, 3.8) is 0 Å². The minimum atomic E-state index is -0.320. The van der Waals surface area contributed by atoms with Gasteiger partial charge in [0.2, 0.25) is 0 Å². The summed E-state index contributed by atoms with van der Waals surface area (Å²) in [5.41, 5.74) is 4.86. The monoisotopic (exact) mass is 425 g/mol. The van der Waals surface area contributed by atoms with Gasteiger partial charge in [0.15, 0.2) is 11.6 Å². The van der Waals surface area contributed by atoms with Crippen LogP contribution in [0.15, 0.2) is 54.6 Å². The van der Waals surface area contributed by atoms with Crippen molar-refractivity contribution in [1.82, 2.24) is 0 Å². The Kier molecular flexibility index (Phi) is 5.09. The van der Waals surface area contributed by atoms with Crippen molar-refractivity contribution in [2.45, 2.75) is 38.5 Å². The first-order valence-electron chi connectivity index (χ1n) is 11.4. The van der Waals surface area contributed by atoms with Crippen molar-refractivity contribution < 1.29 is 14.7 Å². The van der Waals surface area contributed by atoms with Crippen molar-refractivity contribution in [3.8, 4) is 16.9 Å². The van der Waals surface area contributed by atoms with E-state index in [4.69, 9.17) is 0 Å². The van der Waals surface area contributed by atoms with Crippen LogP contribution in [0.4, 0.5) is 5.69 Å². The van der Waals surface area contributed by atoms with Crippen LogP contribution in [-0.2, 0) is 0 Å². The number of benzene rings is 3. The minimum Gasteiger partial charge on any atom is -0.507 e. The minimum absolute atomic E-state index is 0.0772. The Morgan fingerprint density at radius 3 is 2.12 bits per heavy atom. The number of nitrogens with one attached hydrogen (secondary N) is 1. The largest absolute Gasteiger partial charge is 0.507 e. The Labute approximate surface area is 188 Å². The third-order valence-electron chi connectivity index (χ3n) is 7.15. The van der Waals surface area contributed by atoms with Crippen LogP contribution < -0.4 is 5.32 Å². The molecular weight excluding hydrogens is 398 g/mol. The highest BCUT2D eigenvalue weighted by Crippen LogP contribution is 2.39. The normalized spacial score (nSPS) is 19.9. The molecule has 3 aromatic rings. The molecule has 3 aromatic carbocycles. The van der Waals surface area contributed by atoms with Gasteiger partial charge < -0.3 is 10.4 Å². The van der Waals surface area contributed by atoms with E-state index in [0.717, 1.165) is 17.0 Å². The van der Waals surface area contributed by atoms with Gasteiger partial charge in [0, 0.05) is 23.9 Å². The van der Waals surface area contributed by atoms with Crippen LogP contribution in [0.3, 0.4) is 0 Å². The number of ketones is 2. The van der Waals surface area contributed by atoms with Gasteiger partial charge in [-0.1, -0.05) is 50.1 Å². The molecule has 0 heterocycles. The molecule has 0 aromatic heterocycles. The van der Waals surface area contributed by atoms with Gasteiger partial charge in [-0.3, -0.25) is 9.59 Å². The maximum absolute atomic E-state index is 13.3. The van der Waals surface area contributed by atoms with E-state index in [1.54, 1.807) is 25.2 Å². The summed E-state index contributed by atoms with van der Waals surface area (Å²) in [7, 11) is 1.70. The highest BCUT2D eigenvalue weighted by atomic mass is 16.3. The SMILES string of the molecule is CNc1ccc(O)c2c1C(=O)c1ccc(-c3ccc(C4CCC(C)CC4)cc3)cc1C2=O. The van der Waals surface area contributed by atoms with Gasteiger partial charge in [-0.05, 0) is 65.6 Å². The number of phenols is 1. The molecule has 5 rings (SSSR count). The van der Waals surface area contributed by atoms with Crippen LogP contribution in [0.1, 0.15) is 75.9 Å². The van der Waals surface area contributed by atoms with Crippen molar-refractivity contribution in [2.24, 2.45) is 5.92 Å². The molecule has 32 heavy (non-hydrogen) atoms. The Hall–Kier alpha value is -3.40. The maximum Gasteiger partial charge on any atom is 0.198 e. The first-order valence-corrected chi connectivity index (χ1v) is 11.4. The van der Waals surface area contributed by atoms with Crippen LogP contribution in [0.2, 0.25) is 0 Å². The summed E-state index contributed by atoms with van der Waals surface area (Å²) < 4.78 is 0. The van der Waals surface area contributed by atoms with E-state index in [0.29, 0.717) is 22.7 Å². The lowest BCUT2D eigenvalue weighted by Gasteiger charge is -2.26. The quantitative estimate of drug-likeness (QED) is 0.385. The molecule has 0 atom stereocenters. The van der Waals surface area contributed by atoms with Gasteiger partial charge in [-0.15, -0.1) is 0 Å². The Bertz CT molecular complexity index is 1220. The highest BCUT2D eigenvalue weighted by Gasteiger charge is 2.34. The molecule has 162 valence electrons. The van der Waals surface area contributed by atoms with Crippen LogP contribution in [0, 0.1) is 5.92 Å². The van der Waals surface area contributed by atoms with Gasteiger partial charge in [0.05, 0.1) is 11.1 Å². The first-order chi connectivity index (χ1) is 15.5. The lowest BCUT2D eigenvalue weighted by Crippen LogP contribution is -2.22. The lowest BCUT2D eigenvalue weighted by atomic mass is 9.79. The predicted molar refractivity (Wildman–Crippen MR) is 127 cm³/mol. The summed E-state index contributed by atoms with van der Waals surface area (Å²) >= 11 is 0. The van der Waals surface area contributed by atoms with Crippen molar-refractivity contribution >= 4 is 17.3 Å². The summed E-state index contributed by atoms with van der Waals surface area (Å²) in [5, 5.41) is 13.3. The molecule has 0 aliphatic heterocycles. The second kappa shape index (κ2) is 7.94. The van der Waals surface area contributed by atoms with E-state index < -0.39 is 0 Å². The molecule has 0 amide bonds. The molecule has 1 fully saturated rings. The number of carbonyl (C=O) groups is 2. The molecule has 4 nitrogen and oxygen atoms in total. The number of hydrogen-bond acceptors (Lipinski definition) is 4. The standard InChI is InChI=1S/C28H27NO3/c1-16-3-5-17(6-4-16)18-7-9-19(10-8-18)20-11-12-21-22(15-20)28(32)26-24(30)14-13-23(29-2)25(26)27(21)31/h7-17,29-30H,3-6H2,1-2H3. The molecule has 1 saturated carbocycles. The van der Waals surface area contributed by atoms with Gasteiger partial charge in [0.1, 0.15) is 5.75 Å². The van der Waals surface area contributed by atoms with Crippen LogP contribution >= 0.6 is 0 Å². The van der Waals surface area contributed by atoms with Crippen molar-refractivity contribution in [3.05, 3.63) is 82.4 Å². The van der Waals surface area contributed by atoms with E-state index >= 15 is 0 Å². The zero-order valence-corrected chi connectivity index (χ0v) is 18.4. The number of anilines is 1. The third kappa shape index (κ3) is 3.31. The summed E-state index contributed by atoms with van der Waals surface area (Å²) in [6, 6.07) is 17.1. The molecule has 0 bridgehead atoms. The summed E-state index contributed by atoms with van der Waals surface area (Å²) in [6.45, 7) is 2.33. The van der Waals surface area contributed by atoms with Crippen molar-refractivity contribution in [1.29, 1.82) is 0 Å². The number of aromatic hydroxyl groups is 1. The van der Waals surface area contributed by atoms with E-state index in [1.807, 2.05) is 6.07 Å². The fourth-order valence-corrected chi connectivity index (χ4v) is 5.19. The Morgan fingerprint density at radius 1 is 0.781 bits per heavy atom. The topological polar surface area (TPSA) is 66.4 Å². The molecule has 0 saturated heterocycles. The zero-order chi connectivity index (χ0) is 22.4. The van der Waals surface area contributed by atoms with E-state index in [2.05, 4.69) is 36.5 Å².